The summed E-state index contributed by atoms with van der Waals surface area (Å²) >= 11 is 6.31. The Labute approximate surface area is 187 Å². The molecule has 0 fully saturated rings. The van der Waals surface area contributed by atoms with Gasteiger partial charge in [-0.25, -0.2) is 12.7 Å². The van der Waals surface area contributed by atoms with Gasteiger partial charge in [0, 0.05) is 31.2 Å². The van der Waals surface area contributed by atoms with Gasteiger partial charge in [0.15, 0.2) is 0 Å². The Morgan fingerprint density at radius 2 is 1.68 bits per heavy atom. The SMILES string of the molecule is COc1ccc(S(=O)(=O)N(C)C)cc1NC(=O)c1cc(-n2c(C)ccc2C)ccc1Cl. The summed E-state index contributed by atoms with van der Waals surface area (Å²) in [5.41, 5.74) is 3.33. The fourth-order valence-corrected chi connectivity index (χ4v) is 4.38. The molecule has 1 aromatic heterocycles. The van der Waals surface area contributed by atoms with E-state index in [1.807, 2.05) is 36.6 Å². The predicted octanol–water partition coefficient (Wildman–Crippen LogP) is 4.26. The number of benzene rings is 2. The number of hydrogen-bond donors (Lipinski definition) is 1. The van der Waals surface area contributed by atoms with Crippen LogP contribution in [0, 0.1) is 13.8 Å². The highest BCUT2D eigenvalue weighted by Crippen LogP contribution is 2.30. The molecule has 31 heavy (non-hydrogen) atoms. The highest BCUT2D eigenvalue weighted by molar-refractivity contribution is 7.89. The van der Waals surface area contributed by atoms with Gasteiger partial charge in [0.25, 0.3) is 5.91 Å². The van der Waals surface area contributed by atoms with Crippen LogP contribution in [0.4, 0.5) is 5.69 Å². The molecule has 1 N–H and O–H groups in total. The first-order valence-corrected chi connectivity index (χ1v) is 11.2. The first-order chi connectivity index (χ1) is 14.6. The van der Waals surface area contributed by atoms with Crippen molar-refractivity contribution in [1.29, 1.82) is 0 Å². The average molecular weight is 462 g/mol. The maximum atomic E-state index is 13.1. The summed E-state index contributed by atoms with van der Waals surface area (Å²) in [6, 6.07) is 13.5. The van der Waals surface area contributed by atoms with E-state index in [4.69, 9.17) is 16.3 Å². The van der Waals surface area contributed by atoms with E-state index in [9.17, 15) is 13.2 Å². The summed E-state index contributed by atoms with van der Waals surface area (Å²) in [5.74, 6) is -0.151. The van der Waals surface area contributed by atoms with Crippen LogP contribution in [0.25, 0.3) is 5.69 Å². The number of hydrogen-bond acceptors (Lipinski definition) is 4. The minimum atomic E-state index is -3.68. The molecule has 7 nitrogen and oxygen atoms in total. The van der Waals surface area contributed by atoms with Gasteiger partial charge in [-0.3, -0.25) is 4.79 Å². The number of aryl methyl sites for hydroxylation is 2. The number of sulfonamides is 1. The van der Waals surface area contributed by atoms with E-state index in [2.05, 4.69) is 5.32 Å². The fraction of sp³-hybridized carbons (Fsp3) is 0.227. The lowest BCUT2D eigenvalue weighted by Crippen LogP contribution is -2.22. The van der Waals surface area contributed by atoms with E-state index in [-0.39, 0.29) is 21.2 Å². The van der Waals surface area contributed by atoms with Crippen LogP contribution in [0.5, 0.6) is 5.75 Å². The molecule has 1 amide bonds. The Hall–Kier alpha value is -2.81. The molecule has 2 aromatic carbocycles. The number of halogens is 1. The van der Waals surface area contributed by atoms with Crippen molar-refractivity contribution >= 4 is 33.2 Å². The molecule has 0 spiro atoms. The third kappa shape index (κ3) is 4.46. The van der Waals surface area contributed by atoms with Gasteiger partial charge in [0.2, 0.25) is 10.0 Å². The molecule has 0 bridgehead atoms. The van der Waals surface area contributed by atoms with Crippen LogP contribution in [0.1, 0.15) is 21.7 Å². The minimum Gasteiger partial charge on any atom is -0.495 e. The summed E-state index contributed by atoms with van der Waals surface area (Å²) in [5, 5.41) is 3.01. The number of nitrogens with one attached hydrogen (secondary N) is 1. The molecule has 0 unspecified atom stereocenters. The van der Waals surface area contributed by atoms with Gasteiger partial charge < -0.3 is 14.6 Å². The average Bonchev–Trinajstić information content (AvgIpc) is 3.06. The van der Waals surface area contributed by atoms with Crippen LogP contribution in [-0.4, -0.2) is 44.4 Å². The Morgan fingerprint density at radius 3 is 2.26 bits per heavy atom. The van der Waals surface area contributed by atoms with Gasteiger partial charge in [-0.1, -0.05) is 11.6 Å². The molecule has 3 aromatic rings. The number of methoxy groups -OCH3 is 1. The lowest BCUT2D eigenvalue weighted by molar-refractivity contribution is 0.102. The second-order valence-electron chi connectivity index (χ2n) is 7.22. The Balaban J connectivity index is 2.01. The van der Waals surface area contributed by atoms with Crippen molar-refractivity contribution in [1.82, 2.24) is 8.87 Å². The van der Waals surface area contributed by atoms with Crippen molar-refractivity contribution in [3.63, 3.8) is 0 Å². The van der Waals surface area contributed by atoms with Crippen LogP contribution in [0.2, 0.25) is 5.02 Å². The van der Waals surface area contributed by atoms with Crippen LogP contribution in [-0.2, 0) is 10.0 Å². The molecule has 1 heterocycles. The zero-order valence-corrected chi connectivity index (χ0v) is 19.5. The van der Waals surface area contributed by atoms with Crippen LogP contribution < -0.4 is 10.1 Å². The summed E-state index contributed by atoms with van der Waals surface area (Å²) in [6.45, 7) is 3.95. The molecule has 0 saturated carbocycles. The van der Waals surface area contributed by atoms with Gasteiger partial charge in [-0.05, 0) is 62.4 Å². The zero-order valence-electron chi connectivity index (χ0n) is 17.9. The minimum absolute atomic E-state index is 0.0343. The third-order valence-corrected chi connectivity index (χ3v) is 7.06. The number of aromatic nitrogens is 1. The number of amides is 1. The van der Waals surface area contributed by atoms with E-state index in [0.29, 0.717) is 5.75 Å². The van der Waals surface area contributed by atoms with Crippen molar-refractivity contribution in [2.45, 2.75) is 18.7 Å². The van der Waals surface area contributed by atoms with Gasteiger partial charge in [-0.2, -0.15) is 0 Å². The molecule has 164 valence electrons. The second kappa shape index (κ2) is 8.74. The van der Waals surface area contributed by atoms with Crippen molar-refractivity contribution in [3.05, 3.63) is 70.5 Å². The number of nitrogens with zero attached hydrogens (tertiary/aromatic N) is 2. The zero-order chi connectivity index (χ0) is 22.9. The Morgan fingerprint density at radius 1 is 1.03 bits per heavy atom. The molecule has 0 aliphatic carbocycles. The molecule has 0 atom stereocenters. The summed E-state index contributed by atoms with van der Waals surface area (Å²) in [7, 11) is 0.637. The van der Waals surface area contributed by atoms with E-state index in [1.54, 1.807) is 12.1 Å². The van der Waals surface area contributed by atoms with E-state index < -0.39 is 15.9 Å². The fourth-order valence-electron chi connectivity index (χ4n) is 3.25. The third-order valence-electron chi connectivity index (χ3n) is 4.92. The summed E-state index contributed by atoms with van der Waals surface area (Å²) < 4.78 is 33.4. The first-order valence-electron chi connectivity index (χ1n) is 9.43. The maximum absolute atomic E-state index is 13.1. The molecule has 9 heteroatoms. The van der Waals surface area contributed by atoms with Crippen molar-refractivity contribution < 1.29 is 17.9 Å². The predicted molar refractivity (Wildman–Crippen MR) is 122 cm³/mol. The lowest BCUT2D eigenvalue weighted by atomic mass is 10.1. The second-order valence-corrected chi connectivity index (χ2v) is 9.78. The summed E-state index contributed by atoms with van der Waals surface area (Å²) in [4.78, 5) is 13.1. The number of ether oxygens (including phenoxy) is 1. The smallest absolute Gasteiger partial charge is 0.257 e. The molecule has 0 aliphatic rings. The Kier molecular flexibility index (Phi) is 6.45. The summed E-state index contributed by atoms with van der Waals surface area (Å²) in [6.07, 6.45) is 0. The monoisotopic (exact) mass is 461 g/mol. The standard InChI is InChI=1S/C22H24ClN3O4S/c1-14-6-7-15(2)26(14)16-8-10-19(23)18(12-16)22(27)24-20-13-17(9-11-21(20)30-5)31(28,29)25(3)4/h6-13H,1-5H3,(H,24,27). The molecular formula is C22H24ClN3O4S. The highest BCUT2D eigenvalue weighted by Gasteiger charge is 2.21. The van der Waals surface area contributed by atoms with Crippen molar-refractivity contribution in [3.8, 4) is 11.4 Å². The number of anilines is 1. The van der Waals surface area contributed by atoms with E-state index >= 15 is 0 Å². The van der Waals surface area contributed by atoms with E-state index in [0.717, 1.165) is 21.4 Å². The van der Waals surface area contributed by atoms with Gasteiger partial charge in [-0.15, -0.1) is 0 Å². The van der Waals surface area contributed by atoms with Crippen LogP contribution in [0.3, 0.4) is 0 Å². The van der Waals surface area contributed by atoms with Crippen molar-refractivity contribution in [2.75, 3.05) is 26.5 Å². The Bertz CT molecular complexity index is 1230. The molecular weight excluding hydrogens is 438 g/mol. The van der Waals surface area contributed by atoms with Crippen LogP contribution >= 0.6 is 11.6 Å². The van der Waals surface area contributed by atoms with Gasteiger partial charge in [0.1, 0.15) is 5.75 Å². The molecule has 3 rings (SSSR count). The normalized spacial score (nSPS) is 11.6. The maximum Gasteiger partial charge on any atom is 0.257 e. The molecule has 0 radical (unpaired) electrons. The quantitative estimate of drug-likeness (QED) is 0.594. The number of carbonyl (C=O) groups excluding carboxylic acids is 1. The van der Waals surface area contributed by atoms with Crippen LogP contribution in [0.15, 0.2) is 53.4 Å². The number of carbonyl (C=O) groups is 1. The largest absolute Gasteiger partial charge is 0.495 e. The topological polar surface area (TPSA) is 80.6 Å². The van der Waals surface area contributed by atoms with Gasteiger partial charge >= 0.3 is 0 Å². The molecule has 0 saturated heterocycles. The van der Waals surface area contributed by atoms with Gasteiger partial charge in [0.05, 0.1) is 28.3 Å². The first kappa shape index (κ1) is 22.9. The van der Waals surface area contributed by atoms with Crippen molar-refractivity contribution in [2.24, 2.45) is 0 Å². The lowest BCUT2D eigenvalue weighted by Gasteiger charge is -2.16. The number of rotatable bonds is 6. The molecule has 0 aliphatic heterocycles. The van der Waals surface area contributed by atoms with E-state index in [1.165, 1.54) is 39.4 Å². The highest BCUT2D eigenvalue weighted by atomic mass is 35.5.